The molecule has 21 heavy (non-hydrogen) atoms. The van der Waals surface area contributed by atoms with E-state index in [0.29, 0.717) is 12.2 Å². The number of benzene rings is 1. The van der Waals surface area contributed by atoms with E-state index in [0.717, 1.165) is 31.7 Å². The van der Waals surface area contributed by atoms with Gasteiger partial charge < -0.3 is 10.1 Å². The largest absolute Gasteiger partial charge is 0.373 e. The highest BCUT2D eigenvalue weighted by Crippen LogP contribution is 2.41. The first-order valence-electron chi connectivity index (χ1n) is 7.89. The Hall–Kier alpha value is -1.00. The van der Waals surface area contributed by atoms with Gasteiger partial charge in [0.25, 0.3) is 0 Å². The van der Waals surface area contributed by atoms with E-state index in [9.17, 15) is 8.78 Å². The van der Waals surface area contributed by atoms with Crippen LogP contribution in [0.5, 0.6) is 0 Å². The molecule has 1 aromatic carbocycles. The summed E-state index contributed by atoms with van der Waals surface area (Å²) in [5, 5.41) is 3.18. The Morgan fingerprint density at radius 1 is 1.19 bits per heavy atom. The molecule has 0 saturated heterocycles. The number of likely N-dealkylation sites (N-methyl/N-ethyl adjacent to an activating group) is 1. The molecule has 2 nitrogen and oxygen atoms in total. The van der Waals surface area contributed by atoms with Crippen molar-refractivity contribution < 1.29 is 13.5 Å². The summed E-state index contributed by atoms with van der Waals surface area (Å²) in [5.74, 6) is -0.786. The van der Waals surface area contributed by atoms with E-state index < -0.39 is 11.4 Å². The van der Waals surface area contributed by atoms with Crippen molar-refractivity contribution in [3.8, 4) is 0 Å². The lowest BCUT2D eigenvalue weighted by molar-refractivity contribution is -0.0774. The minimum Gasteiger partial charge on any atom is -0.373 e. The van der Waals surface area contributed by atoms with Gasteiger partial charge in [-0.2, -0.15) is 0 Å². The van der Waals surface area contributed by atoms with Crippen molar-refractivity contribution >= 4 is 0 Å². The van der Waals surface area contributed by atoms with E-state index in [1.807, 2.05) is 6.92 Å². The first kappa shape index (κ1) is 16.4. The second-order valence-electron chi connectivity index (χ2n) is 5.80. The molecule has 1 N–H and O–H groups in total. The Morgan fingerprint density at radius 3 is 2.43 bits per heavy atom. The summed E-state index contributed by atoms with van der Waals surface area (Å²) >= 11 is 0. The van der Waals surface area contributed by atoms with Crippen LogP contribution in [0, 0.1) is 11.6 Å². The van der Waals surface area contributed by atoms with E-state index in [2.05, 4.69) is 5.32 Å². The van der Waals surface area contributed by atoms with E-state index in [1.165, 1.54) is 25.0 Å². The standard InChI is InChI=1S/C17H25F2NO/c1-3-21-17(10-6-4-5-7-11-17)16(20-2)14-12-13(18)8-9-15(14)19/h8-9,12,16,20H,3-7,10-11H2,1-2H3. The van der Waals surface area contributed by atoms with Gasteiger partial charge in [-0.25, -0.2) is 8.78 Å². The van der Waals surface area contributed by atoms with Crippen LogP contribution in [0.1, 0.15) is 57.1 Å². The van der Waals surface area contributed by atoms with E-state index >= 15 is 0 Å². The summed E-state index contributed by atoms with van der Waals surface area (Å²) in [6.45, 7) is 2.54. The molecule has 0 amide bonds. The Balaban J connectivity index is 2.41. The zero-order valence-corrected chi connectivity index (χ0v) is 12.9. The molecule has 0 aromatic heterocycles. The monoisotopic (exact) mass is 297 g/mol. The summed E-state index contributed by atoms with van der Waals surface area (Å²) in [6.07, 6.45) is 6.24. The fourth-order valence-electron chi connectivity index (χ4n) is 3.57. The lowest BCUT2D eigenvalue weighted by Crippen LogP contribution is -2.45. The quantitative estimate of drug-likeness (QED) is 0.816. The number of halogens is 2. The van der Waals surface area contributed by atoms with Crippen LogP contribution in [-0.2, 0) is 4.74 Å². The van der Waals surface area contributed by atoms with Crippen LogP contribution in [-0.4, -0.2) is 19.3 Å². The Bertz CT molecular complexity index is 456. The molecule has 1 aliphatic carbocycles. The van der Waals surface area contributed by atoms with Crippen LogP contribution in [0.2, 0.25) is 0 Å². The van der Waals surface area contributed by atoms with Crippen molar-refractivity contribution in [3.63, 3.8) is 0 Å². The molecule has 1 fully saturated rings. The number of ether oxygens (including phenoxy) is 1. The van der Waals surface area contributed by atoms with E-state index in [-0.39, 0.29) is 11.9 Å². The predicted molar refractivity (Wildman–Crippen MR) is 80.2 cm³/mol. The first-order valence-corrected chi connectivity index (χ1v) is 7.89. The second kappa shape index (κ2) is 7.32. The zero-order chi connectivity index (χ0) is 15.3. The van der Waals surface area contributed by atoms with Crippen molar-refractivity contribution in [1.82, 2.24) is 5.32 Å². The van der Waals surface area contributed by atoms with Gasteiger partial charge in [-0.15, -0.1) is 0 Å². The van der Waals surface area contributed by atoms with Crippen LogP contribution in [0.25, 0.3) is 0 Å². The highest BCUT2D eigenvalue weighted by atomic mass is 19.1. The van der Waals surface area contributed by atoms with Crippen LogP contribution in [0.3, 0.4) is 0 Å². The third-order valence-electron chi connectivity index (χ3n) is 4.47. The fourth-order valence-corrected chi connectivity index (χ4v) is 3.57. The normalized spacial score (nSPS) is 20.0. The summed E-state index contributed by atoms with van der Waals surface area (Å²) in [6, 6.07) is 3.32. The number of rotatable bonds is 5. The average Bonchev–Trinajstić information content (AvgIpc) is 2.70. The average molecular weight is 297 g/mol. The molecule has 1 saturated carbocycles. The van der Waals surface area contributed by atoms with Crippen LogP contribution >= 0.6 is 0 Å². The Labute approximate surface area is 125 Å². The Kier molecular flexibility index (Phi) is 5.71. The van der Waals surface area contributed by atoms with Crippen LogP contribution in [0.15, 0.2) is 18.2 Å². The lowest BCUT2D eigenvalue weighted by atomic mass is 9.82. The molecule has 118 valence electrons. The molecular weight excluding hydrogens is 272 g/mol. The minimum absolute atomic E-state index is 0.328. The van der Waals surface area contributed by atoms with Crippen molar-refractivity contribution in [1.29, 1.82) is 0 Å². The van der Waals surface area contributed by atoms with Gasteiger partial charge in [0.15, 0.2) is 0 Å². The Morgan fingerprint density at radius 2 is 1.86 bits per heavy atom. The lowest BCUT2D eigenvalue weighted by Gasteiger charge is -2.40. The molecule has 1 unspecified atom stereocenters. The maximum absolute atomic E-state index is 14.2. The molecule has 4 heteroatoms. The zero-order valence-electron chi connectivity index (χ0n) is 12.9. The van der Waals surface area contributed by atoms with Crippen molar-refractivity contribution in [2.75, 3.05) is 13.7 Å². The highest BCUT2D eigenvalue weighted by Gasteiger charge is 2.41. The van der Waals surface area contributed by atoms with Gasteiger partial charge in [-0.05, 0) is 45.0 Å². The van der Waals surface area contributed by atoms with Gasteiger partial charge in [0.2, 0.25) is 0 Å². The fraction of sp³-hybridized carbons (Fsp3) is 0.647. The summed E-state index contributed by atoms with van der Waals surface area (Å²) in [4.78, 5) is 0. The van der Waals surface area contributed by atoms with Crippen molar-refractivity contribution in [2.45, 2.75) is 57.1 Å². The molecule has 0 heterocycles. The molecule has 1 aliphatic rings. The number of hydrogen-bond donors (Lipinski definition) is 1. The van der Waals surface area contributed by atoms with Crippen molar-refractivity contribution in [2.24, 2.45) is 0 Å². The molecule has 0 aliphatic heterocycles. The van der Waals surface area contributed by atoms with Crippen LogP contribution in [0.4, 0.5) is 8.78 Å². The smallest absolute Gasteiger partial charge is 0.128 e. The van der Waals surface area contributed by atoms with Crippen molar-refractivity contribution in [3.05, 3.63) is 35.4 Å². The third-order valence-corrected chi connectivity index (χ3v) is 4.47. The summed E-state index contributed by atoms with van der Waals surface area (Å²) in [7, 11) is 1.79. The maximum atomic E-state index is 14.2. The second-order valence-corrected chi connectivity index (χ2v) is 5.80. The molecule has 0 bridgehead atoms. The summed E-state index contributed by atoms with van der Waals surface area (Å²) < 4.78 is 33.9. The first-order chi connectivity index (χ1) is 10.1. The molecule has 0 radical (unpaired) electrons. The summed E-state index contributed by atoms with van der Waals surface area (Å²) in [5.41, 5.74) is -0.0814. The number of nitrogens with one attached hydrogen (secondary N) is 1. The molecule has 1 aromatic rings. The maximum Gasteiger partial charge on any atom is 0.128 e. The SMILES string of the molecule is CCOC1(C(NC)c2cc(F)ccc2F)CCCCCC1. The van der Waals surface area contributed by atoms with Gasteiger partial charge in [0.05, 0.1) is 11.6 Å². The predicted octanol–water partition coefficient (Wildman–Crippen LogP) is 4.35. The van der Waals surface area contributed by atoms with Gasteiger partial charge in [-0.3, -0.25) is 0 Å². The van der Waals surface area contributed by atoms with Gasteiger partial charge in [-0.1, -0.05) is 25.7 Å². The molecule has 2 rings (SSSR count). The van der Waals surface area contributed by atoms with Gasteiger partial charge in [0, 0.05) is 12.2 Å². The van der Waals surface area contributed by atoms with Crippen LogP contribution < -0.4 is 5.32 Å². The van der Waals surface area contributed by atoms with E-state index in [4.69, 9.17) is 4.74 Å². The topological polar surface area (TPSA) is 21.3 Å². The van der Waals surface area contributed by atoms with Gasteiger partial charge >= 0.3 is 0 Å². The molecular formula is C17H25F2NO. The molecule has 1 atom stereocenters. The molecule has 0 spiro atoms. The highest BCUT2D eigenvalue weighted by molar-refractivity contribution is 5.25. The van der Waals surface area contributed by atoms with Gasteiger partial charge in [0.1, 0.15) is 11.6 Å². The third kappa shape index (κ3) is 3.61. The van der Waals surface area contributed by atoms with E-state index in [1.54, 1.807) is 7.05 Å². The minimum atomic E-state index is -0.450. The number of hydrogen-bond acceptors (Lipinski definition) is 2.